The van der Waals surface area contributed by atoms with Gasteiger partial charge >= 0.3 is 0 Å². The number of nitrogens with zero attached hydrogens (tertiary/aromatic N) is 1. The van der Waals surface area contributed by atoms with Crippen LogP contribution in [0.25, 0.3) is 0 Å². The second-order valence-corrected chi connectivity index (χ2v) is 4.95. The number of amides is 2. The first-order valence-electron chi connectivity index (χ1n) is 7.05. The summed E-state index contributed by atoms with van der Waals surface area (Å²) < 4.78 is 0. The van der Waals surface area contributed by atoms with Gasteiger partial charge in [-0.15, -0.1) is 0 Å². The smallest absolute Gasteiger partial charge is 0.254 e. The second kappa shape index (κ2) is 6.52. The van der Waals surface area contributed by atoms with E-state index in [2.05, 4.69) is 5.32 Å². The van der Waals surface area contributed by atoms with Gasteiger partial charge in [-0.1, -0.05) is 19.1 Å². The minimum Gasteiger partial charge on any atom is -0.353 e. The second-order valence-electron chi connectivity index (χ2n) is 4.95. The van der Waals surface area contributed by atoms with Gasteiger partial charge in [-0.05, 0) is 37.1 Å². The highest BCUT2D eigenvalue weighted by molar-refractivity contribution is 5.98. The van der Waals surface area contributed by atoms with E-state index in [1.54, 1.807) is 4.90 Å². The highest BCUT2D eigenvalue weighted by Gasteiger charge is 2.31. The van der Waals surface area contributed by atoms with E-state index in [4.69, 9.17) is 5.73 Å². The van der Waals surface area contributed by atoms with Gasteiger partial charge in [0, 0.05) is 18.7 Å². The van der Waals surface area contributed by atoms with Gasteiger partial charge in [0.05, 0.1) is 0 Å². The van der Waals surface area contributed by atoms with Crippen LogP contribution in [0, 0.1) is 0 Å². The Bertz CT molecular complexity index is 484. The van der Waals surface area contributed by atoms with Crippen molar-refractivity contribution >= 4 is 11.8 Å². The van der Waals surface area contributed by atoms with Crippen LogP contribution in [0.3, 0.4) is 0 Å². The molecule has 0 spiro atoms. The minimum absolute atomic E-state index is 0.0631. The molecule has 108 valence electrons. The maximum absolute atomic E-state index is 12.5. The maximum Gasteiger partial charge on any atom is 0.254 e. The van der Waals surface area contributed by atoms with Gasteiger partial charge in [0.2, 0.25) is 5.91 Å². The largest absolute Gasteiger partial charge is 0.353 e. The topological polar surface area (TPSA) is 75.4 Å². The van der Waals surface area contributed by atoms with E-state index < -0.39 is 0 Å². The fraction of sp³-hybridized carbons (Fsp3) is 0.467. The fourth-order valence-corrected chi connectivity index (χ4v) is 2.51. The monoisotopic (exact) mass is 275 g/mol. The predicted octanol–water partition coefficient (Wildman–Crippen LogP) is 0.538. The Balaban J connectivity index is 2.14. The van der Waals surface area contributed by atoms with E-state index in [0.717, 1.165) is 12.0 Å². The SMILES string of the molecule is CCC1C(=O)NCCN1C(=O)c1ccc(CCN)cc1. The summed E-state index contributed by atoms with van der Waals surface area (Å²) in [5.41, 5.74) is 7.25. The zero-order valence-electron chi connectivity index (χ0n) is 11.8. The van der Waals surface area contributed by atoms with Crippen LogP contribution in [0.1, 0.15) is 29.3 Å². The molecular formula is C15H21N3O2. The van der Waals surface area contributed by atoms with Crippen molar-refractivity contribution in [1.29, 1.82) is 0 Å². The molecule has 1 aliphatic rings. The van der Waals surface area contributed by atoms with E-state index in [1.165, 1.54) is 0 Å². The normalized spacial score (nSPS) is 18.8. The molecule has 1 atom stereocenters. The first-order valence-corrected chi connectivity index (χ1v) is 7.05. The summed E-state index contributed by atoms with van der Waals surface area (Å²) in [5.74, 6) is -0.141. The summed E-state index contributed by atoms with van der Waals surface area (Å²) in [5, 5.41) is 2.80. The average Bonchev–Trinajstić information content (AvgIpc) is 2.47. The molecule has 0 aliphatic carbocycles. The minimum atomic E-state index is -0.361. The van der Waals surface area contributed by atoms with Crippen LogP contribution in [-0.2, 0) is 11.2 Å². The highest BCUT2D eigenvalue weighted by Crippen LogP contribution is 2.14. The summed E-state index contributed by atoms with van der Waals surface area (Å²) in [7, 11) is 0. The molecule has 1 aromatic carbocycles. The van der Waals surface area contributed by atoms with Gasteiger partial charge in [-0.3, -0.25) is 9.59 Å². The van der Waals surface area contributed by atoms with Gasteiger partial charge in [0.15, 0.2) is 0 Å². The molecule has 20 heavy (non-hydrogen) atoms. The van der Waals surface area contributed by atoms with Gasteiger partial charge in [-0.25, -0.2) is 0 Å². The van der Waals surface area contributed by atoms with Crippen LogP contribution >= 0.6 is 0 Å². The van der Waals surface area contributed by atoms with Gasteiger partial charge in [-0.2, -0.15) is 0 Å². The van der Waals surface area contributed by atoms with Crippen molar-refractivity contribution in [3.63, 3.8) is 0 Å². The number of benzene rings is 1. The molecule has 1 unspecified atom stereocenters. The lowest BCUT2D eigenvalue weighted by Gasteiger charge is -2.34. The summed E-state index contributed by atoms with van der Waals surface area (Å²) in [4.78, 5) is 26.0. The lowest BCUT2D eigenvalue weighted by Crippen LogP contribution is -2.56. The molecule has 1 aliphatic heterocycles. The highest BCUT2D eigenvalue weighted by atomic mass is 16.2. The number of piperazine rings is 1. The summed E-state index contributed by atoms with van der Waals surface area (Å²) in [6, 6.07) is 7.11. The van der Waals surface area contributed by atoms with Crippen molar-refractivity contribution in [2.24, 2.45) is 5.73 Å². The molecular weight excluding hydrogens is 254 g/mol. The lowest BCUT2D eigenvalue weighted by atomic mass is 10.1. The van der Waals surface area contributed by atoms with E-state index in [0.29, 0.717) is 31.6 Å². The first kappa shape index (κ1) is 14.5. The molecule has 0 aromatic heterocycles. The summed E-state index contributed by atoms with van der Waals surface area (Å²) in [6.07, 6.45) is 1.43. The molecule has 1 heterocycles. The Morgan fingerprint density at radius 2 is 2.10 bits per heavy atom. The van der Waals surface area contributed by atoms with Crippen LogP contribution < -0.4 is 11.1 Å². The Labute approximate surface area is 119 Å². The van der Waals surface area contributed by atoms with Gasteiger partial charge < -0.3 is 16.0 Å². The molecule has 1 aromatic rings. The molecule has 2 rings (SSSR count). The standard InChI is InChI=1S/C15H21N3O2/c1-2-13-14(19)17-9-10-18(13)15(20)12-5-3-11(4-6-12)7-8-16/h3-6,13H,2,7-10,16H2,1H3,(H,17,19). The van der Waals surface area contributed by atoms with E-state index in [-0.39, 0.29) is 17.9 Å². The quantitative estimate of drug-likeness (QED) is 0.842. The van der Waals surface area contributed by atoms with Crippen LogP contribution in [0.4, 0.5) is 0 Å². The molecule has 5 nitrogen and oxygen atoms in total. The number of hydrogen-bond donors (Lipinski definition) is 2. The van der Waals surface area contributed by atoms with E-state index in [1.807, 2.05) is 31.2 Å². The molecule has 5 heteroatoms. The van der Waals surface area contributed by atoms with Gasteiger partial charge in [0.25, 0.3) is 5.91 Å². The zero-order valence-corrected chi connectivity index (χ0v) is 11.8. The lowest BCUT2D eigenvalue weighted by molar-refractivity contribution is -0.127. The van der Waals surface area contributed by atoms with Crippen molar-refractivity contribution in [2.75, 3.05) is 19.6 Å². The number of carbonyl (C=O) groups excluding carboxylic acids is 2. The molecule has 3 N–H and O–H groups in total. The van der Waals surface area contributed by atoms with Crippen molar-refractivity contribution in [2.45, 2.75) is 25.8 Å². The number of hydrogen-bond acceptors (Lipinski definition) is 3. The number of rotatable bonds is 4. The summed E-state index contributed by atoms with van der Waals surface area (Å²) in [6.45, 7) is 3.59. The van der Waals surface area contributed by atoms with Crippen molar-refractivity contribution in [3.8, 4) is 0 Å². The molecule has 0 saturated carbocycles. The van der Waals surface area contributed by atoms with Gasteiger partial charge in [0.1, 0.15) is 6.04 Å². The van der Waals surface area contributed by atoms with Crippen molar-refractivity contribution in [1.82, 2.24) is 10.2 Å². The van der Waals surface area contributed by atoms with Crippen molar-refractivity contribution < 1.29 is 9.59 Å². The number of carbonyl (C=O) groups is 2. The molecule has 0 bridgehead atoms. The first-order chi connectivity index (χ1) is 9.67. The van der Waals surface area contributed by atoms with E-state index >= 15 is 0 Å². The maximum atomic E-state index is 12.5. The Morgan fingerprint density at radius 1 is 1.40 bits per heavy atom. The number of nitrogens with two attached hydrogens (primary N) is 1. The third-order valence-electron chi connectivity index (χ3n) is 3.61. The molecule has 2 amide bonds. The molecule has 0 radical (unpaired) electrons. The number of nitrogens with one attached hydrogen (secondary N) is 1. The van der Waals surface area contributed by atoms with Crippen LogP contribution in [0.2, 0.25) is 0 Å². The predicted molar refractivity (Wildman–Crippen MR) is 77.3 cm³/mol. The van der Waals surface area contributed by atoms with Crippen LogP contribution in [0.5, 0.6) is 0 Å². The Hall–Kier alpha value is -1.88. The van der Waals surface area contributed by atoms with Crippen LogP contribution in [-0.4, -0.2) is 42.4 Å². The summed E-state index contributed by atoms with van der Waals surface area (Å²) >= 11 is 0. The third kappa shape index (κ3) is 2.99. The Kier molecular flexibility index (Phi) is 4.74. The zero-order chi connectivity index (χ0) is 14.5. The Morgan fingerprint density at radius 3 is 2.70 bits per heavy atom. The third-order valence-corrected chi connectivity index (χ3v) is 3.61. The molecule has 1 fully saturated rings. The van der Waals surface area contributed by atoms with Crippen LogP contribution in [0.15, 0.2) is 24.3 Å². The molecule has 1 saturated heterocycles. The average molecular weight is 275 g/mol. The fourth-order valence-electron chi connectivity index (χ4n) is 2.51. The van der Waals surface area contributed by atoms with Crippen molar-refractivity contribution in [3.05, 3.63) is 35.4 Å². The van der Waals surface area contributed by atoms with E-state index in [9.17, 15) is 9.59 Å².